The van der Waals surface area contributed by atoms with Crippen LogP contribution in [0.4, 0.5) is 0 Å². The molecule has 4 heteroatoms. The first-order valence-corrected chi connectivity index (χ1v) is 3.78. The molecule has 0 aromatic heterocycles. The Morgan fingerprint density at radius 3 is 3.17 bits per heavy atom. The highest BCUT2D eigenvalue weighted by molar-refractivity contribution is 6.62. The fourth-order valence-corrected chi connectivity index (χ4v) is 1.43. The first kappa shape index (κ1) is 7.64. The van der Waals surface area contributed by atoms with Crippen LogP contribution in [0.3, 0.4) is 0 Å². The number of fused-ring (bicyclic) bond motifs is 1. The fraction of sp³-hybridized carbons (Fsp3) is 0.250. The smallest absolute Gasteiger partial charge is 0.495 e. The minimum Gasteiger partial charge on any atom is -0.497 e. The highest BCUT2D eigenvalue weighted by Gasteiger charge is 2.30. The van der Waals surface area contributed by atoms with Gasteiger partial charge < -0.3 is 14.4 Å². The molecule has 0 unspecified atom stereocenters. The van der Waals surface area contributed by atoms with Gasteiger partial charge in [-0.25, -0.2) is 0 Å². The Bertz CT molecular complexity index is 300. The molecule has 1 heterocycles. The van der Waals surface area contributed by atoms with Gasteiger partial charge in [0.2, 0.25) is 0 Å². The lowest BCUT2D eigenvalue weighted by atomic mass is 9.79. The maximum absolute atomic E-state index is 9.39. The van der Waals surface area contributed by atoms with E-state index in [0.717, 1.165) is 11.0 Å². The largest absolute Gasteiger partial charge is 0.497 e. The maximum atomic E-state index is 9.39. The van der Waals surface area contributed by atoms with E-state index in [0.29, 0.717) is 12.4 Å². The van der Waals surface area contributed by atoms with Crippen molar-refractivity contribution in [2.75, 3.05) is 7.11 Å². The lowest BCUT2D eigenvalue weighted by Crippen LogP contribution is -2.29. The molecule has 12 heavy (non-hydrogen) atoms. The van der Waals surface area contributed by atoms with Gasteiger partial charge in [-0.1, -0.05) is 12.1 Å². The van der Waals surface area contributed by atoms with E-state index in [1.807, 2.05) is 18.2 Å². The molecule has 0 radical (unpaired) electrons. The molecule has 0 saturated heterocycles. The fourth-order valence-electron chi connectivity index (χ4n) is 1.43. The minimum atomic E-state index is -0.823. The van der Waals surface area contributed by atoms with Gasteiger partial charge in [0, 0.05) is 5.46 Å². The molecule has 0 atom stereocenters. The summed E-state index contributed by atoms with van der Waals surface area (Å²) in [4.78, 5) is 0. The van der Waals surface area contributed by atoms with E-state index in [9.17, 15) is 5.02 Å². The van der Waals surface area contributed by atoms with Crippen LogP contribution in [-0.2, 0) is 11.3 Å². The summed E-state index contributed by atoms with van der Waals surface area (Å²) in [6.45, 7) is 0.466. The minimum absolute atomic E-state index is 0.466. The van der Waals surface area contributed by atoms with Gasteiger partial charge in [-0.15, -0.1) is 0 Å². The molecule has 1 aromatic carbocycles. The van der Waals surface area contributed by atoms with Crippen molar-refractivity contribution in [1.29, 1.82) is 0 Å². The summed E-state index contributed by atoms with van der Waals surface area (Å²) in [6.07, 6.45) is 0. The molecule has 62 valence electrons. The van der Waals surface area contributed by atoms with E-state index in [2.05, 4.69) is 0 Å². The standard InChI is InChI=1S/C8H9BO3/c1-11-7-4-2-3-6-5-12-9(10)8(6)7/h2-4,10H,5H2,1H3. The van der Waals surface area contributed by atoms with E-state index in [1.165, 1.54) is 0 Å². The molecule has 0 amide bonds. The van der Waals surface area contributed by atoms with Gasteiger partial charge in [-0.3, -0.25) is 0 Å². The molecule has 1 aliphatic heterocycles. The maximum Gasteiger partial charge on any atom is 0.495 e. The Balaban J connectivity index is 2.53. The van der Waals surface area contributed by atoms with Crippen molar-refractivity contribution < 1.29 is 14.4 Å². The SMILES string of the molecule is COc1cccc2c1B(O)OC2. The summed E-state index contributed by atoms with van der Waals surface area (Å²) in [6, 6.07) is 5.63. The summed E-state index contributed by atoms with van der Waals surface area (Å²) in [5.74, 6) is 0.692. The highest BCUT2D eigenvalue weighted by Crippen LogP contribution is 2.17. The molecule has 1 N–H and O–H groups in total. The third-order valence-electron chi connectivity index (χ3n) is 2.02. The number of ether oxygens (including phenoxy) is 1. The van der Waals surface area contributed by atoms with Gasteiger partial charge in [-0.2, -0.15) is 0 Å². The second kappa shape index (κ2) is 2.81. The van der Waals surface area contributed by atoms with Gasteiger partial charge in [0.05, 0.1) is 13.7 Å². The number of hydrogen-bond acceptors (Lipinski definition) is 3. The van der Waals surface area contributed by atoms with Crippen molar-refractivity contribution >= 4 is 12.6 Å². The lowest BCUT2D eigenvalue weighted by Gasteiger charge is -2.05. The summed E-state index contributed by atoms with van der Waals surface area (Å²) in [5.41, 5.74) is 1.77. The van der Waals surface area contributed by atoms with E-state index in [-0.39, 0.29) is 0 Å². The Kier molecular flexibility index (Phi) is 1.79. The molecule has 2 rings (SSSR count). The van der Waals surface area contributed by atoms with Crippen molar-refractivity contribution in [3.8, 4) is 5.75 Å². The molecule has 1 aromatic rings. The molecule has 0 aliphatic carbocycles. The van der Waals surface area contributed by atoms with Crippen molar-refractivity contribution in [2.45, 2.75) is 6.61 Å². The second-order valence-electron chi connectivity index (χ2n) is 2.70. The molecule has 3 nitrogen and oxygen atoms in total. The van der Waals surface area contributed by atoms with Crippen LogP contribution in [0.5, 0.6) is 5.75 Å². The van der Waals surface area contributed by atoms with E-state index in [1.54, 1.807) is 7.11 Å². The Hall–Kier alpha value is -0.995. The molecule has 0 bridgehead atoms. The summed E-state index contributed by atoms with van der Waals surface area (Å²) >= 11 is 0. The van der Waals surface area contributed by atoms with Crippen LogP contribution in [0.1, 0.15) is 5.56 Å². The van der Waals surface area contributed by atoms with Crippen LogP contribution in [0.25, 0.3) is 0 Å². The predicted molar refractivity (Wildman–Crippen MR) is 45.4 cm³/mol. The topological polar surface area (TPSA) is 38.7 Å². The summed E-state index contributed by atoms with van der Waals surface area (Å²) in [5, 5.41) is 9.39. The van der Waals surface area contributed by atoms with Crippen LogP contribution in [0.15, 0.2) is 18.2 Å². The zero-order valence-corrected chi connectivity index (χ0v) is 6.78. The van der Waals surface area contributed by atoms with Crippen LogP contribution < -0.4 is 10.2 Å². The van der Waals surface area contributed by atoms with Gasteiger partial charge >= 0.3 is 7.12 Å². The second-order valence-corrected chi connectivity index (χ2v) is 2.70. The highest BCUT2D eigenvalue weighted by atomic mass is 16.5. The average molecular weight is 164 g/mol. The van der Waals surface area contributed by atoms with Crippen LogP contribution in [0.2, 0.25) is 0 Å². The van der Waals surface area contributed by atoms with E-state index >= 15 is 0 Å². The zero-order chi connectivity index (χ0) is 8.55. The van der Waals surface area contributed by atoms with Crippen LogP contribution in [0, 0.1) is 0 Å². The summed E-state index contributed by atoms with van der Waals surface area (Å²) in [7, 11) is 0.761. The Morgan fingerprint density at radius 1 is 1.58 bits per heavy atom. The van der Waals surface area contributed by atoms with E-state index < -0.39 is 7.12 Å². The van der Waals surface area contributed by atoms with Gasteiger partial charge in [0.25, 0.3) is 0 Å². The molecule has 0 spiro atoms. The Morgan fingerprint density at radius 2 is 2.42 bits per heavy atom. The quantitative estimate of drug-likeness (QED) is 0.589. The summed E-state index contributed by atoms with van der Waals surface area (Å²) < 4.78 is 10.1. The molecule has 1 aliphatic rings. The lowest BCUT2D eigenvalue weighted by molar-refractivity contribution is 0.275. The monoisotopic (exact) mass is 164 g/mol. The molecular weight excluding hydrogens is 155 g/mol. The van der Waals surface area contributed by atoms with Crippen LogP contribution >= 0.6 is 0 Å². The third-order valence-corrected chi connectivity index (χ3v) is 2.02. The Labute approximate surface area is 71.1 Å². The predicted octanol–water partition coefficient (Wildman–Crippen LogP) is -0.0871. The van der Waals surface area contributed by atoms with Crippen molar-refractivity contribution in [3.63, 3.8) is 0 Å². The van der Waals surface area contributed by atoms with Crippen molar-refractivity contribution in [1.82, 2.24) is 0 Å². The number of methoxy groups -OCH3 is 1. The number of rotatable bonds is 1. The van der Waals surface area contributed by atoms with Crippen molar-refractivity contribution in [2.24, 2.45) is 0 Å². The van der Waals surface area contributed by atoms with E-state index in [4.69, 9.17) is 9.39 Å². The number of benzene rings is 1. The van der Waals surface area contributed by atoms with Crippen LogP contribution in [-0.4, -0.2) is 19.3 Å². The molecule has 0 saturated carbocycles. The normalized spacial score (nSPS) is 14.7. The zero-order valence-electron chi connectivity index (χ0n) is 6.78. The molecular formula is C8H9BO3. The van der Waals surface area contributed by atoms with Gasteiger partial charge in [0.1, 0.15) is 5.75 Å². The number of hydrogen-bond donors (Lipinski definition) is 1. The molecule has 0 fully saturated rings. The van der Waals surface area contributed by atoms with Gasteiger partial charge in [0.15, 0.2) is 0 Å². The first-order chi connectivity index (χ1) is 5.83. The third kappa shape index (κ3) is 1.00. The first-order valence-electron chi connectivity index (χ1n) is 3.78. The average Bonchev–Trinajstić information content (AvgIpc) is 2.48. The van der Waals surface area contributed by atoms with Gasteiger partial charge in [-0.05, 0) is 11.6 Å². The van der Waals surface area contributed by atoms with Crippen molar-refractivity contribution in [3.05, 3.63) is 23.8 Å².